The molecule has 1 aliphatic carbocycles. The molecule has 2 aliphatic rings. The van der Waals surface area contributed by atoms with Gasteiger partial charge in [0.25, 0.3) is 0 Å². The van der Waals surface area contributed by atoms with Crippen molar-refractivity contribution in [1.82, 2.24) is 9.97 Å². The van der Waals surface area contributed by atoms with Crippen LogP contribution in [0.5, 0.6) is 0 Å². The maximum absolute atomic E-state index is 6.06. The molecule has 0 radical (unpaired) electrons. The highest BCUT2D eigenvalue weighted by Crippen LogP contribution is 2.35. The average Bonchev–Trinajstić information content (AvgIpc) is 2.78. The SMILES string of the molecule is CC1(c2nc(N)c3c(n2)CCCC3)CCCO1. The van der Waals surface area contributed by atoms with Crippen molar-refractivity contribution < 1.29 is 4.74 Å². The van der Waals surface area contributed by atoms with Crippen molar-refractivity contribution in [3.05, 3.63) is 17.1 Å². The van der Waals surface area contributed by atoms with Crippen molar-refractivity contribution in [3.63, 3.8) is 0 Å². The Morgan fingerprint density at radius 1 is 1.18 bits per heavy atom. The molecule has 1 aliphatic heterocycles. The van der Waals surface area contributed by atoms with E-state index >= 15 is 0 Å². The number of hydrogen-bond acceptors (Lipinski definition) is 4. The van der Waals surface area contributed by atoms with E-state index in [2.05, 4.69) is 11.9 Å². The Morgan fingerprint density at radius 2 is 2.00 bits per heavy atom. The number of ether oxygens (including phenoxy) is 1. The maximum atomic E-state index is 6.06. The molecule has 4 heteroatoms. The van der Waals surface area contributed by atoms with E-state index in [1.54, 1.807) is 0 Å². The number of anilines is 1. The largest absolute Gasteiger partial charge is 0.383 e. The van der Waals surface area contributed by atoms with Crippen molar-refractivity contribution in [3.8, 4) is 0 Å². The van der Waals surface area contributed by atoms with Crippen molar-refractivity contribution in [2.24, 2.45) is 0 Å². The molecule has 0 amide bonds. The third-order valence-electron chi connectivity index (χ3n) is 3.91. The van der Waals surface area contributed by atoms with Gasteiger partial charge in [0.2, 0.25) is 0 Å². The van der Waals surface area contributed by atoms with Crippen molar-refractivity contribution >= 4 is 5.82 Å². The Kier molecular flexibility index (Phi) is 2.54. The van der Waals surface area contributed by atoms with E-state index in [-0.39, 0.29) is 5.60 Å². The number of aryl methyl sites for hydroxylation is 1. The summed E-state index contributed by atoms with van der Waals surface area (Å²) in [7, 11) is 0. The van der Waals surface area contributed by atoms with Crippen LogP contribution in [-0.4, -0.2) is 16.6 Å². The molecule has 17 heavy (non-hydrogen) atoms. The fourth-order valence-electron chi connectivity index (χ4n) is 2.82. The van der Waals surface area contributed by atoms with Crippen LogP contribution in [0.4, 0.5) is 5.82 Å². The molecule has 4 nitrogen and oxygen atoms in total. The minimum absolute atomic E-state index is 0.319. The van der Waals surface area contributed by atoms with E-state index in [1.807, 2.05) is 0 Å². The van der Waals surface area contributed by atoms with Crippen LogP contribution in [0.25, 0.3) is 0 Å². The van der Waals surface area contributed by atoms with Gasteiger partial charge in [-0.3, -0.25) is 0 Å². The molecule has 1 unspecified atom stereocenters. The fourth-order valence-corrected chi connectivity index (χ4v) is 2.82. The Labute approximate surface area is 102 Å². The molecule has 2 N–H and O–H groups in total. The normalized spacial score (nSPS) is 28.1. The average molecular weight is 233 g/mol. The highest BCUT2D eigenvalue weighted by Gasteiger charge is 2.35. The third-order valence-corrected chi connectivity index (χ3v) is 3.91. The van der Waals surface area contributed by atoms with Gasteiger partial charge in [-0.05, 0) is 45.4 Å². The summed E-state index contributed by atoms with van der Waals surface area (Å²) in [5.41, 5.74) is 8.06. The van der Waals surface area contributed by atoms with Gasteiger partial charge in [-0.2, -0.15) is 0 Å². The molecule has 1 aromatic heterocycles. The molecule has 1 aromatic rings. The summed E-state index contributed by atoms with van der Waals surface area (Å²) in [6, 6.07) is 0. The van der Waals surface area contributed by atoms with Gasteiger partial charge in [0, 0.05) is 17.9 Å². The van der Waals surface area contributed by atoms with Crippen LogP contribution in [0.2, 0.25) is 0 Å². The predicted octanol–water partition coefficient (Wildman–Crippen LogP) is 1.96. The van der Waals surface area contributed by atoms with E-state index < -0.39 is 0 Å². The Morgan fingerprint density at radius 3 is 2.76 bits per heavy atom. The number of nitrogens with zero attached hydrogens (tertiary/aromatic N) is 2. The zero-order valence-electron chi connectivity index (χ0n) is 10.3. The standard InChI is InChI=1S/C13H19N3O/c1-13(7-4-8-17-13)12-15-10-6-3-2-5-9(10)11(14)16-12/h2-8H2,1H3,(H2,14,15,16). The molecule has 0 aromatic carbocycles. The monoisotopic (exact) mass is 233 g/mol. The van der Waals surface area contributed by atoms with E-state index in [0.29, 0.717) is 5.82 Å². The zero-order chi connectivity index (χ0) is 11.9. The molecule has 2 heterocycles. The number of aromatic nitrogens is 2. The van der Waals surface area contributed by atoms with E-state index in [1.165, 1.54) is 18.4 Å². The summed E-state index contributed by atoms with van der Waals surface area (Å²) in [5, 5.41) is 0. The van der Waals surface area contributed by atoms with Crippen molar-refractivity contribution in [2.75, 3.05) is 12.3 Å². The highest BCUT2D eigenvalue weighted by molar-refractivity contribution is 5.44. The number of nitrogen functional groups attached to an aromatic ring is 1. The summed E-state index contributed by atoms with van der Waals surface area (Å²) in [6.07, 6.45) is 6.54. The molecule has 0 saturated carbocycles. The quantitative estimate of drug-likeness (QED) is 0.805. The van der Waals surface area contributed by atoms with Crippen LogP contribution < -0.4 is 5.73 Å². The van der Waals surface area contributed by atoms with Gasteiger partial charge in [0.05, 0.1) is 0 Å². The van der Waals surface area contributed by atoms with Crippen LogP contribution in [0, 0.1) is 0 Å². The number of hydrogen-bond donors (Lipinski definition) is 1. The van der Waals surface area contributed by atoms with Crippen LogP contribution in [0.15, 0.2) is 0 Å². The molecule has 0 spiro atoms. The topological polar surface area (TPSA) is 61.0 Å². The summed E-state index contributed by atoms with van der Waals surface area (Å²) >= 11 is 0. The first-order chi connectivity index (χ1) is 8.19. The lowest BCUT2D eigenvalue weighted by Crippen LogP contribution is -2.26. The Bertz CT molecular complexity index is 439. The minimum atomic E-state index is -0.319. The lowest BCUT2D eigenvalue weighted by atomic mass is 9.95. The highest BCUT2D eigenvalue weighted by atomic mass is 16.5. The van der Waals surface area contributed by atoms with Gasteiger partial charge >= 0.3 is 0 Å². The predicted molar refractivity (Wildman–Crippen MR) is 65.6 cm³/mol. The second kappa shape index (κ2) is 3.95. The van der Waals surface area contributed by atoms with Gasteiger partial charge < -0.3 is 10.5 Å². The Hall–Kier alpha value is -1.16. The van der Waals surface area contributed by atoms with Gasteiger partial charge in [0.15, 0.2) is 5.82 Å². The first kappa shape index (κ1) is 11.0. The molecule has 3 rings (SSSR count). The van der Waals surface area contributed by atoms with Crippen LogP contribution >= 0.6 is 0 Å². The second-order valence-electron chi connectivity index (χ2n) is 5.25. The smallest absolute Gasteiger partial charge is 0.162 e. The molecule has 1 saturated heterocycles. The van der Waals surface area contributed by atoms with E-state index in [4.69, 9.17) is 15.5 Å². The van der Waals surface area contributed by atoms with Gasteiger partial charge in [-0.1, -0.05) is 0 Å². The maximum Gasteiger partial charge on any atom is 0.162 e. The van der Waals surface area contributed by atoms with E-state index in [0.717, 1.165) is 43.8 Å². The molecule has 1 fully saturated rings. The van der Waals surface area contributed by atoms with Crippen molar-refractivity contribution in [1.29, 1.82) is 0 Å². The lowest BCUT2D eigenvalue weighted by Gasteiger charge is -2.24. The second-order valence-corrected chi connectivity index (χ2v) is 5.25. The van der Waals surface area contributed by atoms with Gasteiger partial charge in [-0.15, -0.1) is 0 Å². The van der Waals surface area contributed by atoms with Gasteiger partial charge in [-0.25, -0.2) is 9.97 Å². The number of nitrogens with two attached hydrogens (primary N) is 1. The summed E-state index contributed by atoms with van der Waals surface area (Å²) in [6.45, 7) is 2.88. The van der Waals surface area contributed by atoms with Crippen LogP contribution in [0.1, 0.15) is 49.7 Å². The van der Waals surface area contributed by atoms with E-state index in [9.17, 15) is 0 Å². The summed E-state index contributed by atoms with van der Waals surface area (Å²) in [5.74, 6) is 1.45. The van der Waals surface area contributed by atoms with Crippen LogP contribution in [0.3, 0.4) is 0 Å². The number of fused-ring (bicyclic) bond motifs is 1. The molecule has 92 valence electrons. The van der Waals surface area contributed by atoms with Crippen molar-refractivity contribution in [2.45, 2.75) is 51.0 Å². The number of rotatable bonds is 1. The zero-order valence-corrected chi connectivity index (χ0v) is 10.3. The molecular formula is C13H19N3O. The molecular weight excluding hydrogens is 214 g/mol. The third kappa shape index (κ3) is 1.80. The first-order valence-corrected chi connectivity index (χ1v) is 6.49. The summed E-state index contributed by atoms with van der Waals surface area (Å²) < 4.78 is 5.79. The molecule has 0 bridgehead atoms. The Balaban J connectivity index is 2.04. The summed E-state index contributed by atoms with van der Waals surface area (Å²) in [4.78, 5) is 9.19. The fraction of sp³-hybridized carbons (Fsp3) is 0.692. The van der Waals surface area contributed by atoms with Crippen LogP contribution in [-0.2, 0) is 23.2 Å². The lowest BCUT2D eigenvalue weighted by molar-refractivity contribution is 0.00921. The molecule has 1 atom stereocenters. The minimum Gasteiger partial charge on any atom is -0.383 e. The first-order valence-electron chi connectivity index (χ1n) is 6.49. The van der Waals surface area contributed by atoms with Gasteiger partial charge in [0.1, 0.15) is 11.4 Å².